The number of hydrogen-bond acceptors (Lipinski definition) is 3. The van der Waals surface area contributed by atoms with Gasteiger partial charge in [-0.25, -0.2) is 0 Å². The predicted octanol–water partition coefficient (Wildman–Crippen LogP) is 0.356. The molecule has 0 spiro atoms. The van der Waals surface area contributed by atoms with E-state index >= 15 is 0 Å². The zero-order chi connectivity index (χ0) is 12.4. The lowest BCUT2D eigenvalue weighted by Crippen LogP contribution is -2.39. The Bertz CT molecular complexity index is 420. The quantitative estimate of drug-likeness (QED) is 0.706. The Morgan fingerprint density at radius 2 is 2.29 bits per heavy atom. The summed E-state index contributed by atoms with van der Waals surface area (Å²) in [6.07, 6.45) is 0.0549. The van der Waals surface area contributed by atoms with Gasteiger partial charge in [0.2, 0.25) is 5.91 Å². The molecule has 4 heteroatoms. The summed E-state index contributed by atoms with van der Waals surface area (Å²) in [5.74, 6) is -0.330. The highest BCUT2D eigenvalue weighted by atomic mass is 16.3. The number of nitrogens with one attached hydrogen (secondary N) is 1. The fourth-order valence-electron chi connectivity index (χ4n) is 2.15. The molecule has 3 atom stereocenters. The standard InChI is InChI=1S/C13H18N2O2/c1-8(7-14)13(17)15-12-10-5-3-2-4-9(10)6-11(12)16/h2-5,8,11-12,16H,6-7,14H2,1H3,(H,15,17)/t8?,11-,12+/m1/s1. The van der Waals surface area contributed by atoms with Crippen molar-refractivity contribution in [3.05, 3.63) is 35.4 Å². The van der Waals surface area contributed by atoms with Gasteiger partial charge in [-0.2, -0.15) is 0 Å². The topological polar surface area (TPSA) is 75.4 Å². The van der Waals surface area contributed by atoms with Crippen LogP contribution in [-0.4, -0.2) is 23.7 Å². The SMILES string of the molecule is CC(CN)C(=O)N[C@H]1c2ccccc2C[C@H]1O. The van der Waals surface area contributed by atoms with Crippen molar-refractivity contribution in [1.82, 2.24) is 5.32 Å². The number of carbonyl (C=O) groups is 1. The van der Waals surface area contributed by atoms with Crippen LogP contribution in [0.2, 0.25) is 0 Å². The van der Waals surface area contributed by atoms with Crippen molar-refractivity contribution in [2.75, 3.05) is 6.54 Å². The maximum atomic E-state index is 11.8. The lowest BCUT2D eigenvalue weighted by atomic mass is 10.1. The minimum atomic E-state index is -0.540. The maximum Gasteiger partial charge on any atom is 0.224 e. The summed E-state index contributed by atoms with van der Waals surface area (Å²) in [5, 5.41) is 12.8. The molecule has 1 aliphatic carbocycles. The summed E-state index contributed by atoms with van der Waals surface area (Å²) in [7, 11) is 0. The summed E-state index contributed by atoms with van der Waals surface area (Å²) in [4.78, 5) is 11.8. The highest BCUT2D eigenvalue weighted by Gasteiger charge is 2.32. The van der Waals surface area contributed by atoms with Crippen LogP contribution in [0.3, 0.4) is 0 Å². The first-order valence-corrected chi connectivity index (χ1v) is 5.89. The molecule has 1 aromatic carbocycles. The van der Waals surface area contributed by atoms with Gasteiger partial charge in [0.05, 0.1) is 12.1 Å². The number of hydrogen-bond donors (Lipinski definition) is 3. The van der Waals surface area contributed by atoms with Gasteiger partial charge in [0, 0.05) is 18.9 Å². The average molecular weight is 234 g/mol. The number of fused-ring (bicyclic) bond motifs is 1. The second-order valence-corrected chi connectivity index (χ2v) is 4.59. The second-order valence-electron chi connectivity index (χ2n) is 4.59. The lowest BCUT2D eigenvalue weighted by Gasteiger charge is -2.20. The van der Waals surface area contributed by atoms with Crippen LogP contribution < -0.4 is 11.1 Å². The van der Waals surface area contributed by atoms with Crippen molar-refractivity contribution in [2.24, 2.45) is 11.7 Å². The Labute approximate surface area is 101 Å². The molecule has 4 N–H and O–H groups in total. The molecule has 0 saturated heterocycles. The highest BCUT2D eigenvalue weighted by Crippen LogP contribution is 2.31. The maximum absolute atomic E-state index is 11.8. The molecule has 0 radical (unpaired) electrons. The Hall–Kier alpha value is -1.39. The molecule has 1 aliphatic rings. The summed E-state index contributed by atoms with van der Waals surface area (Å²) in [5.41, 5.74) is 7.57. The zero-order valence-corrected chi connectivity index (χ0v) is 9.89. The molecule has 17 heavy (non-hydrogen) atoms. The lowest BCUT2D eigenvalue weighted by molar-refractivity contribution is -0.125. The average Bonchev–Trinajstić information content (AvgIpc) is 2.65. The number of rotatable bonds is 3. The molecule has 2 rings (SSSR count). The zero-order valence-electron chi connectivity index (χ0n) is 9.89. The monoisotopic (exact) mass is 234 g/mol. The van der Waals surface area contributed by atoms with Crippen molar-refractivity contribution in [2.45, 2.75) is 25.5 Å². The van der Waals surface area contributed by atoms with E-state index in [-0.39, 0.29) is 17.9 Å². The molecule has 0 fully saturated rings. The smallest absolute Gasteiger partial charge is 0.224 e. The van der Waals surface area contributed by atoms with E-state index in [1.54, 1.807) is 6.92 Å². The molecule has 1 unspecified atom stereocenters. The number of aliphatic hydroxyl groups is 1. The number of nitrogens with two attached hydrogens (primary N) is 1. The van der Waals surface area contributed by atoms with E-state index in [1.165, 1.54) is 0 Å². The van der Waals surface area contributed by atoms with E-state index < -0.39 is 6.10 Å². The fourth-order valence-corrected chi connectivity index (χ4v) is 2.15. The second kappa shape index (κ2) is 4.85. The molecule has 0 aliphatic heterocycles. The third-order valence-corrected chi connectivity index (χ3v) is 3.30. The van der Waals surface area contributed by atoms with E-state index in [1.807, 2.05) is 24.3 Å². The summed E-state index contributed by atoms with van der Waals surface area (Å²) in [6.45, 7) is 2.10. The molecule has 0 bridgehead atoms. The van der Waals surface area contributed by atoms with Crippen LogP contribution in [0.5, 0.6) is 0 Å². The van der Waals surface area contributed by atoms with Crippen LogP contribution >= 0.6 is 0 Å². The van der Waals surface area contributed by atoms with Gasteiger partial charge >= 0.3 is 0 Å². The summed E-state index contributed by atoms with van der Waals surface area (Å²) >= 11 is 0. The first-order valence-electron chi connectivity index (χ1n) is 5.89. The summed E-state index contributed by atoms with van der Waals surface area (Å²) in [6, 6.07) is 7.49. The van der Waals surface area contributed by atoms with Gasteiger partial charge in [0.15, 0.2) is 0 Å². The molecule has 92 valence electrons. The number of aliphatic hydroxyl groups excluding tert-OH is 1. The van der Waals surface area contributed by atoms with E-state index in [0.717, 1.165) is 11.1 Å². The molecule has 0 saturated carbocycles. The Morgan fingerprint density at radius 1 is 1.59 bits per heavy atom. The van der Waals surface area contributed by atoms with Gasteiger partial charge in [-0.1, -0.05) is 31.2 Å². The van der Waals surface area contributed by atoms with Crippen molar-refractivity contribution in [3.8, 4) is 0 Å². The van der Waals surface area contributed by atoms with Crippen LogP contribution in [0.25, 0.3) is 0 Å². The fraction of sp³-hybridized carbons (Fsp3) is 0.462. The minimum Gasteiger partial charge on any atom is -0.390 e. The highest BCUT2D eigenvalue weighted by molar-refractivity contribution is 5.79. The molecule has 0 heterocycles. The van der Waals surface area contributed by atoms with Crippen molar-refractivity contribution < 1.29 is 9.90 Å². The van der Waals surface area contributed by atoms with Crippen LogP contribution in [0, 0.1) is 5.92 Å². The molecule has 4 nitrogen and oxygen atoms in total. The molecule has 1 amide bonds. The molecule has 0 aromatic heterocycles. The van der Waals surface area contributed by atoms with Crippen molar-refractivity contribution in [1.29, 1.82) is 0 Å². The number of carbonyl (C=O) groups excluding carboxylic acids is 1. The normalized spacial score (nSPS) is 24.2. The summed E-state index contributed by atoms with van der Waals surface area (Å²) < 4.78 is 0. The van der Waals surface area contributed by atoms with Crippen LogP contribution in [0.4, 0.5) is 0 Å². The van der Waals surface area contributed by atoms with E-state index in [9.17, 15) is 9.90 Å². The van der Waals surface area contributed by atoms with Crippen LogP contribution in [0.15, 0.2) is 24.3 Å². The van der Waals surface area contributed by atoms with Gasteiger partial charge in [-0.15, -0.1) is 0 Å². The van der Waals surface area contributed by atoms with E-state index in [2.05, 4.69) is 5.32 Å². The van der Waals surface area contributed by atoms with Gasteiger partial charge in [-0.05, 0) is 11.1 Å². The first kappa shape index (κ1) is 12.1. The number of benzene rings is 1. The third kappa shape index (κ3) is 2.33. The van der Waals surface area contributed by atoms with Crippen molar-refractivity contribution in [3.63, 3.8) is 0 Å². The Kier molecular flexibility index (Phi) is 3.45. The van der Waals surface area contributed by atoms with Gasteiger partial charge in [0.1, 0.15) is 0 Å². The Balaban J connectivity index is 2.14. The van der Waals surface area contributed by atoms with Crippen LogP contribution in [0.1, 0.15) is 24.1 Å². The first-order chi connectivity index (χ1) is 8.13. The largest absolute Gasteiger partial charge is 0.390 e. The molecular weight excluding hydrogens is 216 g/mol. The number of amides is 1. The Morgan fingerprint density at radius 3 is 3.00 bits per heavy atom. The molecular formula is C13H18N2O2. The van der Waals surface area contributed by atoms with Crippen molar-refractivity contribution >= 4 is 5.91 Å². The van der Waals surface area contributed by atoms with E-state index in [0.29, 0.717) is 13.0 Å². The minimum absolute atomic E-state index is 0.103. The van der Waals surface area contributed by atoms with Crippen LogP contribution in [-0.2, 0) is 11.2 Å². The van der Waals surface area contributed by atoms with E-state index in [4.69, 9.17) is 5.73 Å². The van der Waals surface area contributed by atoms with Gasteiger partial charge < -0.3 is 16.2 Å². The molecule has 1 aromatic rings. The van der Waals surface area contributed by atoms with Gasteiger partial charge in [0.25, 0.3) is 0 Å². The third-order valence-electron chi connectivity index (χ3n) is 3.30. The van der Waals surface area contributed by atoms with Gasteiger partial charge in [-0.3, -0.25) is 4.79 Å². The predicted molar refractivity (Wildman–Crippen MR) is 65.3 cm³/mol.